The van der Waals surface area contributed by atoms with Gasteiger partial charge in [0.1, 0.15) is 5.60 Å². The van der Waals surface area contributed by atoms with Gasteiger partial charge in [-0.25, -0.2) is 0 Å². The van der Waals surface area contributed by atoms with Crippen LogP contribution in [0.25, 0.3) is 0 Å². The van der Waals surface area contributed by atoms with Gasteiger partial charge in [0.25, 0.3) is 0 Å². The number of Topliss-reactive ketones (excluding diaryl/α,β-unsaturated/α-hetero) is 1. The number of ether oxygens (including phenoxy) is 1. The number of aliphatic imine (C=N–C) groups is 1. The van der Waals surface area contributed by atoms with Gasteiger partial charge in [-0.05, 0) is 45.2 Å². The average molecular weight is 624 g/mol. The van der Waals surface area contributed by atoms with E-state index in [1.165, 1.54) is 0 Å². The smallest absolute Gasteiger partial charge is 0.389 e. The van der Waals surface area contributed by atoms with E-state index in [2.05, 4.69) is 26.2 Å². The van der Waals surface area contributed by atoms with E-state index in [9.17, 15) is 27.6 Å². The van der Waals surface area contributed by atoms with Crippen LogP contribution in [0.15, 0.2) is 58.0 Å². The first-order valence-corrected chi connectivity index (χ1v) is 14.0. The summed E-state index contributed by atoms with van der Waals surface area (Å²) >= 11 is 3.50. The third kappa shape index (κ3) is 8.49. The zero-order valence-electron chi connectivity index (χ0n) is 23.0. The van der Waals surface area contributed by atoms with Crippen molar-refractivity contribution in [1.82, 2.24) is 5.32 Å². The van der Waals surface area contributed by atoms with Crippen molar-refractivity contribution in [1.29, 1.82) is 0 Å². The van der Waals surface area contributed by atoms with Crippen molar-refractivity contribution in [3.63, 3.8) is 0 Å². The van der Waals surface area contributed by atoms with E-state index in [4.69, 9.17) is 4.74 Å². The lowest BCUT2D eigenvalue weighted by Gasteiger charge is -2.29. The van der Waals surface area contributed by atoms with E-state index in [-0.39, 0.29) is 12.8 Å². The first-order chi connectivity index (χ1) is 18.7. The van der Waals surface area contributed by atoms with Crippen LogP contribution < -0.4 is 5.32 Å². The molecule has 0 saturated carbocycles. The summed E-state index contributed by atoms with van der Waals surface area (Å²) in [5.74, 6) is -4.48. The average Bonchev–Trinajstić information content (AvgIpc) is 2.99. The maximum absolute atomic E-state index is 13.6. The Labute approximate surface area is 240 Å². The van der Waals surface area contributed by atoms with Crippen molar-refractivity contribution in [2.45, 2.75) is 77.7 Å². The summed E-state index contributed by atoms with van der Waals surface area (Å²) in [4.78, 5) is 44.7. The molecule has 2 aromatic carbocycles. The van der Waals surface area contributed by atoms with E-state index in [1.54, 1.807) is 33.8 Å². The molecule has 1 unspecified atom stereocenters. The van der Waals surface area contributed by atoms with Crippen LogP contribution in [0.1, 0.15) is 70.1 Å². The van der Waals surface area contributed by atoms with Crippen molar-refractivity contribution in [2.75, 3.05) is 0 Å². The highest BCUT2D eigenvalue weighted by Crippen LogP contribution is 2.32. The van der Waals surface area contributed by atoms with Crippen LogP contribution in [0.3, 0.4) is 0 Å². The van der Waals surface area contributed by atoms with Crippen LogP contribution in [0.2, 0.25) is 0 Å². The molecular formula is C30H34BrF3N2O4. The predicted octanol–water partition coefficient (Wildman–Crippen LogP) is 6.57. The lowest BCUT2D eigenvalue weighted by molar-refractivity contribution is -0.167. The van der Waals surface area contributed by atoms with Gasteiger partial charge in [-0.15, -0.1) is 0 Å². The highest BCUT2D eigenvalue weighted by Gasteiger charge is 2.40. The minimum atomic E-state index is -4.53. The zero-order chi connectivity index (χ0) is 29.7. The number of nitrogens with zero attached hydrogens (tertiary/aromatic N) is 1. The Morgan fingerprint density at radius 2 is 1.73 bits per heavy atom. The Morgan fingerprint density at radius 3 is 2.33 bits per heavy atom. The fraction of sp³-hybridized carbons (Fsp3) is 0.467. The SMILES string of the molecule is CCC[C@H](C(=O)OC(C)(C)C)[C@@H](CCC(F)(F)F)C(=O)NC1N=C(c2ccccc2)c2cccc(Br)c2CC1=O. The molecule has 0 bridgehead atoms. The monoisotopic (exact) mass is 622 g/mol. The number of ketones is 1. The molecule has 2 aromatic rings. The van der Waals surface area contributed by atoms with Crippen molar-refractivity contribution in [2.24, 2.45) is 16.8 Å². The maximum Gasteiger partial charge on any atom is 0.389 e. The molecule has 0 spiro atoms. The number of amides is 1. The van der Waals surface area contributed by atoms with E-state index in [0.717, 1.165) is 0 Å². The topological polar surface area (TPSA) is 84.8 Å². The number of esters is 1. The minimum absolute atomic E-state index is 0.0563. The van der Waals surface area contributed by atoms with E-state index >= 15 is 0 Å². The molecule has 3 atom stereocenters. The summed E-state index contributed by atoms with van der Waals surface area (Å²) in [5.41, 5.74) is 1.69. The van der Waals surface area contributed by atoms with Gasteiger partial charge in [0.2, 0.25) is 5.91 Å². The number of alkyl halides is 3. The van der Waals surface area contributed by atoms with E-state index < -0.39 is 60.3 Å². The second kappa shape index (κ2) is 13.1. The molecule has 0 aliphatic carbocycles. The second-order valence-electron chi connectivity index (χ2n) is 10.9. The molecular weight excluding hydrogens is 589 g/mol. The molecule has 0 saturated heterocycles. The molecule has 10 heteroatoms. The number of fused-ring (bicyclic) bond motifs is 1. The number of carbonyl (C=O) groups excluding carboxylic acids is 3. The summed E-state index contributed by atoms with van der Waals surface area (Å²) < 4.78 is 46.0. The summed E-state index contributed by atoms with van der Waals surface area (Å²) in [6, 6.07) is 14.6. The van der Waals surface area contributed by atoms with Crippen LogP contribution in [0.4, 0.5) is 13.2 Å². The van der Waals surface area contributed by atoms with Crippen molar-refractivity contribution in [3.05, 3.63) is 69.7 Å². The maximum atomic E-state index is 13.6. The molecule has 1 aliphatic heterocycles. The van der Waals surface area contributed by atoms with E-state index in [1.807, 2.05) is 42.5 Å². The number of halogens is 4. The van der Waals surface area contributed by atoms with Gasteiger partial charge in [-0.1, -0.05) is 71.7 Å². The quantitative estimate of drug-likeness (QED) is 0.321. The number of benzene rings is 2. The third-order valence-corrected chi connectivity index (χ3v) is 7.23. The Morgan fingerprint density at radius 1 is 1.05 bits per heavy atom. The number of carbonyl (C=O) groups is 3. The first-order valence-electron chi connectivity index (χ1n) is 13.2. The number of hydrogen-bond acceptors (Lipinski definition) is 5. The fourth-order valence-electron chi connectivity index (χ4n) is 4.69. The molecule has 1 aliphatic rings. The molecule has 216 valence electrons. The molecule has 3 rings (SSSR count). The normalized spacial score (nSPS) is 17.2. The molecule has 0 radical (unpaired) electrons. The van der Waals surface area contributed by atoms with Crippen LogP contribution >= 0.6 is 15.9 Å². The van der Waals surface area contributed by atoms with Crippen LogP contribution in [0.5, 0.6) is 0 Å². The van der Waals surface area contributed by atoms with Gasteiger partial charge in [-0.3, -0.25) is 19.4 Å². The molecule has 0 aromatic heterocycles. The van der Waals surface area contributed by atoms with Crippen molar-refractivity contribution < 1.29 is 32.3 Å². The van der Waals surface area contributed by atoms with Crippen LogP contribution in [-0.2, 0) is 25.5 Å². The van der Waals surface area contributed by atoms with Gasteiger partial charge < -0.3 is 10.1 Å². The Kier molecular flexibility index (Phi) is 10.3. The summed E-state index contributed by atoms with van der Waals surface area (Å²) in [5, 5.41) is 2.59. The standard InChI is InChI=1S/C30H34BrF3N2O4/c1-5-10-21(28(39)40-29(2,3)4)20(15-16-30(32,33)34)27(38)36-26-24(37)17-22-19(13-9-14-23(22)31)25(35-26)18-11-7-6-8-12-18/h6-9,11-14,20-21,26H,5,10,15-17H2,1-4H3,(H,36,38)/t20-,21+,26?/m1/s1. The predicted molar refractivity (Wildman–Crippen MR) is 150 cm³/mol. The number of hydrogen-bond donors (Lipinski definition) is 1. The van der Waals surface area contributed by atoms with Crippen LogP contribution in [-0.4, -0.2) is 41.3 Å². The zero-order valence-corrected chi connectivity index (χ0v) is 24.6. The lowest BCUT2D eigenvalue weighted by atomic mass is 9.84. The molecule has 6 nitrogen and oxygen atoms in total. The fourth-order valence-corrected chi connectivity index (χ4v) is 5.19. The molecule has 1 N–H and O–H groups in total. The van der Waals surface area contributed by atoms with Gasteiger partial charge in [0.15, 0.2) is 11.9 Å². The largest absolute Gasteiger partial charge is 0.460 e. The molecule has 40 heavy (non-hydrogen) atoms. The van der Waals surface area contributed by atoms with Crippen molar-refractivity contribution >= 4 is 39.3 Å². The van der Waals surface area contributed by atoms with Crippen molar-refractivity contribution in [3.8, 4) is 0 Å². The molecule has 1 amide bonds. The highest BCUT2D eigenvalue weighted by molar-refractivity contribution is 9.10. The Hall–Kier alpha value is -3.01. The Balaban J connectivity index is 2.01. The minimum Gasteiger partial charge on any atom is -0.460 e. The number of nitrogens with one attached hydrogen (secondary N) is 1. The first kappa shape index (κ1) is 31.5. The van der Waals surface area contributed by atoms with Gasteiger partial charge in [0.05, 0.1) is 17.5 Å². The van der Waals surface area contributed by atoms with Gasteiger partial charge >= 0.3 is 12.1 Å². The third-order valence-electron chi connectivity index (χ3n) is 6.48. The molecule has 0 fully saturated rings. The summed E-state index contributed by atoms with van der Waals surface area (Å²) in [6.07, 6.45) is -7.23. The highest BCUT2D eigenvalue weighted by atomic mass is 79.9. The van der Waals surface area contributed by atoms with Gasteiger partial charge in [-0.2, -0.15) is 13.2 Å². The van der Waals surface area contributed by atoms with Crippen LogP contribution in [0, 0.1) is 11.8 Å². The summed E-state index contributed by atoms with van der Waals surface area (Å²) in [7, 11) is 0. The lowest BCUT2D eigenvalue weighted by Crippen LogP contribution is -2.47. The Bertz CT molecular complexity index is 1260. The second-order valence-corrected chi connectivity index (χ2v) is 11.7. The number of rotatable bonds is 9. The van der Waals surface area contributed by atoms with Gasteiger partial charge in [0, 0.05) is 28.4 Å². The summed E-state index contributed by atoms with van der Waals surface area (Å²) in [6.45, 7) is 6.73. The molecule has 1 heterocycles. The van der Waals surface area contributed by atoms with E-state index in [0.29, 0.717) is 33.3 Å².